The van der Waals surface area contributed by atoms with Crippen molar-refractivity contribution in [1.29, 1.82) is 0 Å². The van der Waals surface area contributed by atoms with Gasteiger partial charge in [-0.05, 0) is 49.4 Å². The minimum Gasteiger partial charge on any atom is -0.337 e. The number of carbonyl (C=O) groups excluding carboxylic acids is 1. The molecular weight excluding hydrogens is 364 g/mol. The first kappa shape index (κ1) is 19.2. The van der Waals surface area contributed by atoms with Crippen LogP contribution in [0.1, 0.15) is 66.1 Å². The van der Waals surface area contributed by atoms with Gasteiger partial charge in [-0.2, -0.15) is 5.10 Å². The lowest BCUT2D eigenvalue weighted by Crippen LogP contribution is -2.39. The van der Waals surface area contributed by atoms with Crippen molar-refractivity contribution in [3.8, 4) is 11.1 Å². The van der Waals surface area contributed by atoms with Crippen molar-refractivity contribution in [3.05, 3.63) is 59.7 Å². The van der Waals surface area contributed by atoms with Gasteiger partial charge in [0, 0.05) is 54.0 Å². The molecule has 0 unspecified atom stereocenters. The number of rotatable bonds is 4. The number of aryl methyl sites for hydroxylation is 1. The number of piperidine rings is 1. The third-order valence-corrected chi connectivity index (χ3v) is 5.43. The number of pyridine rings is 1. The molecule has 3 aromatic rings. The summed E-state index contributed by atoms with van der Waals surface area (Å²) in [7, 11) is 0. The maximum atomic E-state index is 13.0. The van der Waals surface area contributed by atoms with Crippen LogP contribution < -0.4 is 0 Å². The molecule has 1 aliphatic heterocycles. The Balaban J connectivity index is 1.55. The minimum absolute atomic E-state index is 0.0119. The van der Waals surface area contributed by atoms with Crippen LogP contribution in [-0.4, -0.2) is 49.0 Å². The summed E-state index contributed by atoms with van der Waals surface area (Å²) < 4.78 is 0. The van der Waals surface area contributed by atoms with Gasteiger partial charge in [0.1, 0.15) is 12.0 Å². The molecule has 0 aromatic carbocycles. The SMILES string of the molecule is Cc1cc(-c2cncnc2)cc([C@@H]2CCCN(C(=O)c3cc(C(C)C)[nH]n3)C2)n1. The summed E-state index contributed by atoms with van der Waals surface area (Å²) in [6, 6.07) is 6.02. The molecule has 0 saturated carbocycles. The quantitative estimate of drug-likeness (QED) is 0.734. The van der Waals surface area contributed by atoms with Crippen LogP contribution in [0.25, 0.3) is 11.1 Å². The van der Waals surface area contributed by atoms with Crippen LogP contribution in [0.15, 0.2) is 36.9 Å². The smallest absolute Gasteiger partial charge is 0.274 e. The number of likely N-dealkylation sites (tertiary alicyclic amines) is 1. The number of aromatic nitrogens is 5. The number of nitrogens with one attached hydrogen (secondary N) is 1. The van der Waals surface area contributed by atoms with Crippen LogP contribution >= 0.6 is 0 Å². The second-order valence-corrected chi connectivity index (χ2v) is 8.00. The summed E-state index contributed by atoms with van der Waals surface area (Å²) in [5, 5.41) is 7.21. The fourth-order valence-corrected chi connectivity index (χ4v) is 3.83. The lowest BCUT2D eigenvalue weighted by Gasteiger charge is -2.32. The second-order valence-electron chi connectivity index (χ2n) is 8.00. The third-order valence-electron chi connectivity index (χ3n) is 5.43. The summed E-state index contributed by atoms with van der Waals surface area (Å²) in [5.41, 5.74) is 5.49. The number of nitrogens with zero attached hydrogens (tertiary/aromatic N) is 5. The Hall–Kier alpha value is -3.09. The van der Waals surface area contributed by atoms with Crippen LogP contribution in [0.3, 0.4) is 0 Å². The molecule has 150 valence electrons. The van der Waals surface area contributed by atoms with Gasteiger partial charge < -0.3 is 4.90 Å². The molecular formula is C22H26N6O. The average molecular weight is 390 g/mol. The van der Waals surface area contributed by atoms with Crippen molar-refractivity contribution >= 4 is 5.91 Å². The largest absolute Gasteiger partial charge is 0.337 e. The first-order valence-corrected chi connectivity index (χ1v) is 10.1. The first-order chi connectivity index (χ1) is 14.0. The fourth-order valence-electron chi connectivity index (χ4n) is 3.83. The molecule has 4 rings (SSSR count). The van der Waals surface area contributed by atoms with E-state index in [2.05, 4.69) is 40.1 Å². The molecule has 1 atom stereocenters. The summed E-state index contributed by atoms with van der Waals surface area (Å²) in [4.78, 5) is 27.9. The van der Waals surface area contributed by atoms with Crippen molar-refractivity contribution < 1.29 is 4.79 Å². The van der Waals surface area contributed by atoms with Gasteiger partial charge in [-0.3, -0.25) is 14.9 Å². The Morgan fingerprint density at radius 3 is 2.69 bits per heavy atom. The molecule has 7 nitrogen and oxygen atoms in total. The van der Waals surface area contributed by atoms with Crippen molar-refractivity contribution in [2.24, 2.45) is 0 Å². The van der Waals surface area contributed by atoms with Crippen LogP contribution in [0, 0.1) is 6.92 Å². The Morgan fingerprint density at radius 2 is 1.97 bits per heavy atom. The molecule has 1 N–H and O–H groups in total. The molecule has 0 aliphatic carbocycles. The van der Waals surface area contributed by atoms with E-state index in [1.54, 1.807) is 0 Å². The molecule has 7 heteroatoms. The molecule has 29 heavy (non-hydrogen) atoms. The number of H-pyrrole nitrogens is 1. The van der Waals surface area contributed by atoms with Gasteiger partial charge in [0.2, 0.25) is 0 Å². The third kappa shape index (κ3) is 4.18. The fraction of sp³-hybridized carbons (Fsp3) is 0.409. The topological polar surface area (TPSA) is 87.7 Å². The van der Waals surface area contributed by atoms with Gasteiger partial charge >= 0.3 is 0 Å². The molecule has 1 fully saturated rings. The van der Waals surface area contributed by atoms with Crippen molar-refractivity contribution in [3.63, 3.8) is 0 Å². The summed E-state index contributed by atoms with van der Waals surface area (Å²) in [6.45, 7) is 7.57. The van der Waals surface area contributed by atoms with Gasteiger partial charge in [0.15, 0.2) is 0 Å². The molecule has 1 aliphatic rings. The monoisotopic (exact) mass is 390 g/mol. The summed E-state index contributed by atoms with van der Waals surface area (Å²) in [5.74, 6) is 0.511. The zero-order chi connectivity index (χ0) is 20.4. The first-order valence-electron chi connectivity index (χ1n) is 10.1. The van der Waals surface area contributed by atoms with Gasteiger partial charge in [-0.15, -0.1) is 0 Å². The zero-order valence-corrected chi connectivity index (χ0v) is 17.1. The number of aromatic amines is 1. The van der Waals surface area contributed by atoms with E-state index in [-0.39, 0.29) is 11.8 Å². The Kier molecular flexibility index (Phi) is 5.38. The minimum atomic E-state index is -0.0119. The van der Waals surface area contributed by atoms with E-state index < -0.39 is 0 Å². The molecule has 3 aromatic heterocycles. The number of carbonyl (C=O) groups is 1. The Morgan fingerprint density at radius 1 is 1.17 bits per heavy atom. The highest BCUT2D eigenvalue weighted by Gasteiger charge is 2.28. The van der Waals surface area contributed by atoms with Crippen LogP contribution in [0.2, 0.25) is 0 Å². The van der Waals surface area contributed by atoms with E-state index in [0.29, 0.717) is 18.2 Å². The molecule has 0 spiro atoms. The van der Waals surface area contributed by atoms with Crippen LogP contribution in [0.5, 0.6) is 0 Å². The van der Waals surface area contributed by atoms with Crippen molar-refractivity contribution in [1.82, 2.24) is 30.0 Å². The molecule has 1 amide bonds. The lowest BCUT2D eigenvalue weighted by atomic mass is 9.92. The highest BCUT2D eigenvalue weighted by atomic mass is 16.2. The average Bonchev–Trinajstić information content (AvgIpc) is 3.24. The van der Waals surface area contributed by atoms with Crippen LogP contribution in [-0.2, 0) is 0 Å². The van der Waals surface area contributed by atoms with E-state index in [0.717, 1.165) is 47.6 Å². The van der Waals surface area contributed by atoms with Gasteiger partial charge in [-0.25, -0.2) is 9.97 Å². The maximum absolute atomic E-state index is 13.0. The number of hydrogen-bond donors (Lipinski definition) is 1. The summed E-state index contributed by atoms with van der Waals surface area (Å²) in [6.07, 6.45) is 7.13. The molecule has 0 bridgehead atoms. The lowest BCUT2D eigenvalue weighted by molar-refractivity contribution is 0.0700. The van der Waals surface area contributed by atoms with E-state index in [1.165, 1.54) is 6.33 Å². The number of amides is 1. The number of hydrogen-bond acceptors (Lipinski definition) is 5. The van der Waals surface area contributed by atoms with E-state index in [4.69, 9.17) is 4.98 Å². The highest BCUT2D eigenvalue weighted by molar-refractivity contribution is 5.92. The molecule has 1 saturated heterocycles. The predicted molar refractivity (Wildman–Crippen MR) is 111 cm³/mol. The zero-order valence-electron chi connectivity index (χ0n) is 17.1. The van der Waals surface area contributed by atoms with Gasteiger partial charge in [0.25, 0.3) is 5.91 Å². The second kappa shape index (κ2) is 8.11. The van der Waals surface area contributed by atoms with E-state index in [9.17, 15) is 4.79 Å². The van der Waals surface area contributed by atoms with Gasteiger partial charge in [-0.1, -0.05) is 13.8 Å². The molecule has 0 radical (unpaired) electrons. The van der Waals surface area contributed by atoms with Crippen LogP contribution in [0.4, 0.5) is 0 Å². The standard InChI is InChI=1S/C22H26N6O/c1-14(2)19-9-21(27-26-19)22(29)28-6-4-5-16(12-28)20-8-17(7-15(3)25-20)18-10-23-13-24-11-18/h7-11,13-14,16H,4-6,12H2,1-3H3,(H,26,27)/t16-/m1/s1. The van der Waals surface area contributed by atoms with E-state index in [1.807, 2.05) is 36.4 Å². The maximum Gasteiger partial charge on any atom is 0.274 e. The van der Waals surface area contributed by atoms with Crippen molar-refractivity contribution in [2.75, 3.05) is 13.1 Å². The van der Waals surface area contributed by atoms with Gasteiger partial charge in [0.05, 0.1) is 0 Å². The molecule has 4 heterocycles. The van der Waals surface area contributed by atoms with E-state index >= 15 is 0 Å². The Labute approximate surface area is 170 Å². The predicted octanol–water partition coefficient (Wildman–Crippen LogP) is 3.71. The Bertz CT molecular complexity index is 998. The highest BCUT2D eigenvalue weighted by Crippen LogP contribution is 2.30. The normalized spacial score (nSPS) is 17.0. The summed E-state index contributed by atoms with van der Waals surface area (Å²) >= 11 is 0. The van der Waals surface area contributed by atoms with Crippen molar-refractivity contribution in [2.45, 2.75) is 45.4 Å².